The summed E-state index contributed by atoms with van der Waals surface area (Å²) >= 11 is 0. The van der Waals surface area contributed by atoms with Gasteiger partial charge < -0.3 is 10.2 Å². The van der Waals surface area contributed by atoms with Gasteiger partial charge in [0.25, 0.3) is 5.91 Å². The first-order chi connectivity index (χ1) is 12.9. The molecule has 146 valence electrons. The lowest BCUT2D eigenvalue weighted by atomic mass is 10.1. The van der Waals surface area contributed by atoms with Crippen LogP contribution in [0.3, 0.4) is 0 Å². The van der Waals surface area contributed by atoms with E-state index < -0.39 is 10.0 Å². The predicted molar refractivity (Wildman–Crippen MR) is 104 cm³/mol. The SMILES string of the molecule is C=CC(=O)Nc1cccc(C(=O)N2CCCC(N3CCCS3(=O)=O)CC2)c1. The van der Waals surface area contributed by atoms with Gasteiger partial charge in [0.1, 0.15) is 0 Å². The van der Waals surface area contributed by atoms with Crippen LogP contribution in [0.25, 0.3) is 0 Å². The molecule has 2 saturated heterocycles. The van der Waals surface area contributed by atoms with Gasteiger partial charge in [-0.15, -0.1) is 0 Å². The van der Waals surface area contributed by atoms with E-state index in [9.17, 15) is 18.0 Å². The predicted octanol–water partition coefficient (Wildman–Crippen LogP) is 1.84. The number of benzene rings is 1. The van der Waals surface area contributed by atoms with Crippen molar-refractivity contribution in [3.63, 3.8) is 0 Å². The molecule has 2 heterocycles. The highest BCUT2D eigenvalue weighted by Crippen LogP contribution is 2.25. The lowest BCUT2D eigenvalue weighted by Crippen LogP contribution is -2.38. The summed E-state index contributed by atoms with van der Waals surface area (Å²) in [5, 5.41) is 2.65. The molecule has 3 rings (SSSR count). The standard InChI is InChI=1S/C19H25N3O4S/c1-2-18(23)20-16-7-3-6-15(14-16)19(24)21-10-4-8-17(9-12-21)22-11-5-13-27(22,25)26/h2-3,6-7,14,17H,1,4-5,8-13H2,(H,20,23). The number of amides is 2. The Labute approximate surface area is 160 Å². The molecule has 0 bridgehead atoms. The fourth-order valence-corrected chi connectivity index (χ4v) is 5.55. The third-order valence-electron chi connectivity index (χ3n) is 5.09. The van der Waals surface area contributed by atoms with E-state index in [2.05, 4.69) is 11.9 Å². The summed E-state index contributed by atoms with van der Waals surface area (Å²) in [6.45, 7) is 5.13. The molecular weight excluding hydrogens is 366 g/mol. The minimum Gasteiger partial charge on any atom is -0.339 e. The first kappa shape index (κ1) is 19.6. The number of sulfonamides is 1. The maximum Gasteiger partial charge on any atom is 0.253 e. The van der Waals surface area contributed by atoms with Gasteiger partial charge in [-0.1, -0.05) is 12.6 Å². The molecule has 27 heavy (non-hydrogen) atoms. The van der Waals surface area contributed by atoms with Crippen LogP contribution >= 0.6 is 0 Å². The minimum atomic E-state index is -3.13. The molecule has 0 saturated carbocycles. The van der Waals surface area contributed by atoms with Crippen molar-refractivity contribution >= 4 is 27.5 Å². The van der Waals surface area contributed by atoms with Gasteiger partial charge in [-0.3, -0.25) is 9.59 Å². The Morgan fingerprint density at radius 1 is 1.15 bits per heavy atom. The Bertz CT molecular complexity index is 837. The van der Waals surface area contributed by atoms with E-state index in [0.717, 1.165) is 12.8 Å². The van der Waals surface area contributed by atoms with E-state index >= 15 is 0 Å². The van der Waals surface area contributed by atoms with Crippen molar-refractivity contribution in [3.05, 3.63) is 42.5 Å². The molecule has 0 aromatic heterocycles. The number of nitrogens with one attached hydrogen (secondary N) is 1. The zero-order valence-corrected chi connectivity index (χ0v) is 16.1. The molecule has 0 spiro atoms. The molecule has 2 aliphatic rings. The van der Waals surface area contributed by atoms with Gasteiger partial charge in [0.05, 0.1) is 5.75 Å². The third kappa shape index (κ3) is 4.56. The highest BCUT2D eigenvalue weighted by Gasteiger charge is 2.35. The van der Waals surface area contributed by atoms with E-state index in [0.29, 0.717) is 43.7 Å². The second kappa shape index (κ2) is 8.22. The van der Waals surface area contributed by atoms with Gasteiger partial charge in [-0.25, -0.2) is 8.42 Å². The van der Waals surface area contributed by atoms with Crippen molar-refractivity contribution < 1.29 is 18.0 Å². The largest absolute Gasteiger partial charge is 0.339 e. The summed E-state index contributed by atoms with van der Waals surface area (Å²) in [5.41, 5.74) is 1.05. The van der Waals surface area contributed by atoms with E-state index in [4.69, 9.17) is 0 Å². The molecule has 0 radical (unpaired) electrons. The molecular formula is C19H25N3O4S. The van der Waals surface area contributed by atoms with Crippen LogP contribution in [0.1, 0.15) is 36.0 Å². The van der Waals surface area contributed by atoms with Gasteiger partial charge in [0.15, 0.2) is 0 Å². The minimum absolute atomic E-state index is 0.0199. The quantitative estimate of drug-likeness (QED) is 0.794. The molecule has 2 fully saturated rings. The second-order valence-electron chi connectivity index (χ2n) is 6.93. The number of carbonyl (C=O) groups is 2. The zero-order chi connectivity index (χ0) is 19.4. The molecule has 1 unspecified atom stereocenters. The highest BCUT2D eigenvalue weighted by molar-refractivity contribution is 7.89. The number of likely N-dealkylation sites (tertiary alicyclic amines) is 1. The lowest BCUT2D eigenvalue weighted by Gasteiger charge is -2.25. The Morgan fingerprint density at radius 2 is 1.96 bits per heavy atom. The molecule has 8 heteroatoms. The maximum absolute atomic E-state index is 12.9. The van der Waals surface area contributed by atoms with Crippen LogP contribution in [-0.4, -0.2) is 60.9 Å². The summed E-state index contributed by atoms with van der Waals surface area (Å²) in [5.74, 6) is -0.200. The first-order valence-corrected chi connectivity index (χ1v) is 10.8. The average Bonchev–Trinajstić information content (AvgIpc) is 2.85. The Morgan fingerprint density at radius 3 is 2.67 bits per heavy atom. The third-order valence-corrected chi connectivity index (χ3v) is 7.09. The Kier molecular flexibility index (Phi) is 5.96. The highest BCUT2D eigenvalue weighted by atomic mass is 32.2. The number of rotatable bonds is 4. The molecule has 1 aromatic carbocycles. The lowest BCUT2D eigenvalue weighted by molar-refractivity contribution is -0.111. The Hall–Kier alpha value is -2.19. The summed E-state index contributed by atoms with van der Waals surface area (Å²) in [7, 11) is -3.13. The van der Waals surface area contributed by atoms with E-state index in [1.165, 1.54) is 6.08 Å². The van der Waals surface area contributed by atoms with Gasteiger partial charge >= 0.3 is 0 Å². The van der Waals surface area contributed by atoms with Crippen molar-refractivity contribution in [2.45, 2.75) is 31.7 Å². The normalized spacial score (nSPS) is 22.8. The summed E-state index contributed by atoms with van der Waals surface area (Å²) in [6, 6.07) is 6.79. The van der Waals surface area contributed by atoms with Crippen molar-refractivity contribution in [2.75, 3.05) is 30.7 Å². The van der Waals surface area contributed by atoms with Gasteiger partial charge in [0, 0.05) is 36.9 Å². The summed E-state index contributed by atoms with van der Waals surface area (Å²) < 4.78 is 26.0. The van der Waals surface area contributed by atoms with Gasteiger partial charge in [-0.05, 0) is 50.0 Å². The molecule has 0 aliphatic carbocycles. The van der Waals surface area contributed by atoms with E-state index in [-0.39, 0.29) is 23.6 Å². The fraction of sp³-hybridized carbons (Fsp3) is 0.474. The second-order valence-corrected chi connectivity index (χ2v) is 8.97. The van der Waals surface area contributed by atoms with Crippen LogP contribution in [0.15, 0.2) is 36.9 Å². The van der Waals surface area contributed by atoms with E-state index in [1.54, 1.807) is 33.5 Å². The van der Waals surface area contributed by atoms with Crippen LogP contribution in [0.2, 0.25) is 0 Å². The number of anilines is 1. The number of hydrogen-bond donors (Lipinski definition) is 1. The molecule has 1 atom stereocenters. The van der Waals surface area contributed by atoms with Gasteiger partial charge in [-0.2, -0.15) is 4.31 Å². The van der Waals surface area contributed by atoms with Crippen molar-refractivity contribution in [2.24, 2.45) is 0 Å². The smallest absolute Gasteiger partial charge is 0.253 e. The molecule has 2 amide bonds. The molecule has 1 N–H and O–H groups in total. The van der Waals surface area contributed by atoms with Crippen molar-refractivity contribution in [3.8, 4) is 0 Å². The maximum atomic E-state index is 12.9. The summed E-state index contributed by atoms with van der Waals surface area (Å²) in [4.78, 5) is 26.1. The Balaban J connectivity index is 1.67. The number of carbonyl (C=O) groups excluding carboxylic acids is 2. The monoisotopic (exact) mass is 391 g/mol. The average molecular weight is 391 g/mol. The van der Waals surface area contributed by atoms with Crippen molar-refractivity contribution in [1.29, 1.82) is 0 Å². The zero-order valence-electron chi connectivity index (χ0n) is 15.3. The molecule has 2 aliphatic heterocycles. The fourth-order valence-electron chi connectivity index (χ4n) is 3.74. The van der Waals surface area contributed by atoms with Crippen LogP contribution in [-0.2, 0) is 14.8 Å². The molecule has 1 aromatic rings. The summed E-state index contributed by atoms with van der Waals surface area (Å²) in [6.07, 6.45) is 4.06. The van der Waals surface area contributed by atoms with Crippen LogP contribution in [0.5, 0.6) is 0 Å². The van der Waals surface area contributed by atoms with Crippen molar-refractivity contribution in [1.82, 2.24) is 9.21 Å². The first-order valence-electron chi connectivity index (χ1n) is 9.23. The molecule has 7 nitrogen and oxygen atoms in total. The van der Waals surface area contributed by atoms with E-state index in [1.807, 2.05) is 0 Å². The number of hydrogen-bond acceptors (Lipinski definition) is 4. The van der Waals surface area contributed by atoms with Crippen LogP contribution in [0, 0.1) is 0 Å². The van der Waals surface area contributed by atoms with Crippen LogP contribution in [0.4, 0.5) is 5.69 Å². The topological polar surface area (TPSA) is 86.8 Å². The number of nitrogens with zero attached hydrogens (tertiary/aromatic N) is 2. The van der Waals surface area contributed by atoms with Gasteiger partial charge in [0.2, 0.25) is 15.9 Å². The van der Waals surface area contributed by atoms with Crippen LogP contribution < -0.4 is 5.32 Å².